The highest BCUT2D eigenvalue weighted by molar-refractivity contribution is 5.67. The molecule has 0 saturated heterocycles. The van der Waals surface area contributed by atoms with E-state index in [1.54, 1.807) is 20.4 Å². The highest BCUT2D eigenvalue weighted by atomic mass is 16.6. The molecule has 0 unspecified atom stereocenters. The molecule has 3 heterocycles. The van der Waals surface area contributed by atoms with Crippen molar-refractivity contribution in [1.29, 1.82) is 0 Å². The van der Waals surface area contributed by atoms with E-state index >= 15 is 0 Å². The number of aryl methyl sites for hydroxylation is 1. The molecule has 1 aromatic carbocycles. The zero-order valence-corrected chi connectivity index (χ0v) is 15.7. The number of amides is 1. The van der Waals surface area contributed by atoms with E-state index in [2.05, 4.69) is 4.98 Å². The molecule has 144 valence electrons. The Balaban J connectivity index is 1.47. The second-order valence-corrected chi connectivity index (χ2v) is 7.00. The van der Waals surface area contributed by atoms with E-state index in [0.717, 1.165) is 16.8 Å². The van der Waals surface area contributed by atoms with Gasteiger partial charge < -0.3 is 14.2 Å². The molecule has 0 bridgehead atoms. The molecule has 7 heteroatoms. The molecule has 0 spiro atoms. The van der Waals surface area contributed by atoms with Crippen molar-refractivity contribution in [3.8, 4) is 0 Å². The van der Waals surface area contributed by atoms with Crippen LogP contribution in [0, 0.1) is 6.92 Å². The van der Waals surface area contributed by atoms with Gasteiger partial charge in [-0.25, -0.2) is 9.78 Å². The van der Waals surface area contributed by atoms with Gasteiger partial charge in [0.15, 0.2) is 6.73 Å². The summed E-state index contributed by atoms with van der Waals surface area (Å²) in [7, 11) is 0. The lowest BCUT2D eigenvalue weighted by molar-refractivity contribution is 0.0715. The van der Waals surface area contributed by atoms with Gasteiger partial charge in [-0.3, -0.25) is 9.36 Å². The van der Waals surface area contributed by atoms with Crippen LogP contribution in [0.4, 0.5) is 4.79 Å². The lowest BCUT2D eigenvalue weighted by atomic mass is 10.1. The SMILES string of the molecule is Cc1ccn(COC(=O)N2CCc3ncn(Cc4ccccc4)c(=O)c3C2)c1. The minimum Gasteiger partial charge on any atom is -0.428 e. The van der Waals surface area contributed by atoms with E-state index in [1.165, 1.54) is 0 Å². The number of benzene rings is 1. The third-order valence-corrected chi connectivity index (χ3v) is 4.88. The van der Waals surface area contributed by atoms with Gasteiger partial charge in [0.05, 0.1) is 30.7 Å². The van der Waals surface area contributed by atoms with Gasteiger partial charge in [-0.15, -0.1) is 0 Å². The second kappa shape index (κ2) is 7.72. The smallest absolute Gasteiger partial charge is 0.411 e. The Labute approximate surface area is 162 Å². The highest BCUT2D eigenvalue weighted by Crippen LogP contribution is 2.15. The van der Waals surface area contributed by atoms with Gasteiger partial charge in [0, 0.05) is 25.4 Å². The van der Waals surface area contributed by atoms with Crippen LogP contribution in [0.1, 0.15) is 22.4 Å². The maximum absolute atomic E-state index is 12.9. The molecule has 0 aliphatic carbocycles. The van der Waals surface area contributed by atoms with Gasteiger partial charge in [-0.05, 0) is 24.1 Å². The molecule has 4 rings (SSSR count). The summed E-state index contributed by atoms with van der Waals surface area (Å²) in [6.07, 6.45) is 5.49. The van der Waals surface area contributed by atoms with Gasteiger partial charge in [-0.2, -0.15) is 0 Å². The van der Waals surface area contributed by atoms with E-state index in [-0.39, 0.29) is 18.8 Å². The van der Waals surface area contributed by atoms with E-state index in [9.17, 15) is 9.59 Å². The number of fused-ring (bicyclic) bond motifs is 1. The van der Waals surface area contributed by atoms with E-state index in [1.807, 2.05) is 55.7 Å². The van der Waals surface area contributed by atoms with Crippen molar-refractivity contribution in [2.45, 2.75) is 33.2 Å². The largest absolute Gasteiger partial charge is 0.428 e. The Morgan fingerprint density at radius 1 is 1.21 bits per heavy atom. The Hall–Kier alpha value is -3.35. The van der Waals surface area contributed by atoms with Crippen LogP contribution in [0.25, 0.3) is 0 Å². The zero-order chi connectivity index (χ0) is 19.5. The summed E-state index contributed by atoms with van der Waals surface area (Å²) < 4.78 is 8.78. The lowest BCUT2D eigenvalue weighted by Gasteiger charge is -2.27. The third-order valence-electron chi connectivity index (χ3n) is 4.88. The van der Waals surface area contributed by atoms with Crippen LogP contribution in [0.3, 0.4) is 0 Å². The molecule has 0 saturated carbocycles. The number of nitrogens with zero attached hydrogens (tertiary/aromatic N) is 4. The van der Waals surface area contributed by atoms with E-state index in [0.29, 0.717) is 25.1 Å². The van der Waals surface area contributed by atoms with Crippen molar-refractivity contribution in [2.75, 3.05) is 6.54 Å². The summed E-state index contributed by atoms with van der Waals surface area (Å²) in [5, 5.41) is 0. The second-order valence-electron chi connectivity index (χ2n) is 7.00. The molecule has 3 aromatic rings. The quantitative estimate of drug-likeness (QED) is 0.700. The van der Waals surface area contributed by atoms with Crippen LogP contribution < -0.4 is 5.56 Å². The average Bonchev–Trinajstić information content (AvgIpc) is 3.14. The molecule has 28 heavy (non-hydrogen) atoms. The molecule has 1 aliphatic rings. The minimum absolute atomic E-state index is 0.104. The number of rotatable bonds is 4. The summed E-state index contributed by atoms with van der Waals surface area (Å²) in [5.74, 6) is 0. The van der Waals surface area contributed by atoms with Gasteiger partial charge in [0.2, 0.25) is 0 Å². The van der Waals surface area contributed by atoms with Crippen molar-refractivity contribution < 1.29 is 9.53 Å². The van der Waals surface area contributed by atoms with Crippen molar-refractivity contribution in [1.82, 2.24) is 19.0 Å². The first kappa shape index (κ1) is 18.0. The molecular weight excluding hydrogens is 356 g/mol. The monoisotopic (exact) mass is 378 g/mol. The first-order chi connectivity index (χ1) is 13.6. The Kier molecular flexibility index (Phi) is 4.97. The number of ether oxygens (including phenoxy) is 1. The van der Waals surface area contributed by atoms with Crippen molar-refractivity contribution in [3.63, 3.8) is 0 Å². The topological polar surface area (TPSA) is 69.4 Å². The Bertz CT molecular complexity index is 1040. The fourth-order valence-electron chi connectivity index (χ4n) is 3.36. The predicted molar refractivity (Wildman–Crippen MR) is 104 cm³/mol. The summed E-state index contributed by atoms with van der Waals surface area (Å²) >= 11 is 0. The maximum atomic E-state index is 12.9. The van der Waals surface area contributed by atoms with Crippen molar-refractivity contribution in [2.24, 2.45) is 0 Å². The summed E-state index contributed by atoms with van der Waals surface area (Å²) in [5.41, 5.74) is 3.36. The molecule has 0 fully saturated rings. The van der Waals surface area contributed by atoms with E-state index < -0.39 is 6.09 Å². The van der Waals surface area contributed by atoms with Crippen LogP contribution in [0.15, 0.2) is 59.9 Å². The standard InChI is InChI=1S/C21H22N4O3/c1-16-7-9-23(11-16)15-28-21(27)24-10-8-19-18(13-24)20(26)25(14-22-19)12-17-5-3-2-4-6-17/h2-7,9,11,14H,8,10,12-13,15H2,1H3. The number of carbonyl (C=O) groups is 1. The predicted octanol–water partition coefficient (Wildman–Crippen LogP) is 2.55. The molecular formula is C21H22N4O3. The summed E-state index contributed by atoms with van der Waals surface area (Å²) in [4.78, 5) is 31.4. The van der Waals surface area contributed by atoms with Crippen LogP contribution in [0.5, 0.6) is 0 Å². The molecule has 2 aromatic heterocycles. The summed E-state index contributed by atoms with van der Waals surface area (Å²) in [6, 6.07) is 11.7. The fraction of sp³-hybridized carbons (Fsp3) is 0.286. The van der Waals surface area contributed by atoms with Crippen LogP contribution in [0.2, 0.25) is 0 Å². The fourth-order valence-corrected chi connectivity index (χ4v) is 3.36. The Morgan fingerprint density at radius 2 is 2.04 bits per heavy atom. The maximum Gasteiger partial charge on any atom is 0.411 e. The van der Waals surface area contributed by atoms with Gasteiger partial charge in [0.1, 0.15) is 0 Å². The zero-order valence-electron chi connectivity index (χ0n) is 15.7. The summed E-state index contributed by atoms with van der Waals surface area (Å²) in [6.45, 7) is 3.30. The van der Waals surface area contributed by atoms with Gasteiger partial charge in [0.25, 0.3) is 5.56 Å². The average molecular weight is 378 g/mol. The Morgan fingerprint density at radius 3 is 2.79 bits per heavy atom. The molecule has 0 atom stereocenters. The van der Waals surface area contributed by atoms with Crippen molar-refractivity contribution in [3.05, 3.63) is 87.9 Å². The molecule has 7 nitrogen and oxygen atoms in total. The molecule has 0 radical (unpaired) electrons. The number of aromatic nitrogens is 3. The van der Waals surface area contributed by atoms with Crippen LogP contribution in [-0.2, 0) is 31.0 Å². The molecule has 0 N–H and O–H groups in total. The van der Waals surface area contributed by atoms with Crippen LogP contribution >= 0.6 is 0 Å². The van der Waals surface area contributed by atoms with Gasteiger partial charge in [-0.1, -0.05) is 30.3 Å². The highest BCUT2D eigenvalue weighted by Gasteiger charge is 2.25. The van der Waals surface area contributed by atoms with E-state index in [4.69, 9.17) is 4.74 Å². The first-order valence-electron chi connectivity index (χ1n) is 9.25. The molecule has 1 amide bonds. The lowest BCUT2D eigenvalue weighted by Crippen LogP contribution is -2.41. The third kappa shape index (κ3) is 3.83. The number of carbonyl (C=O) groups excluding carboxylic acids is 1. The normalized spacial score (nSPS) is 13.2. The minimum atomic E-state index is -0.421. The van der Waals surface area contributed by atoms with Crippen LogP contribution in [-0.4, -0.2) is 31.7 Å². The number of hydrogen-bond acceptors (Lipinski definition) is 4. The first-order valence-corrected chi connectivity index (χ1v) is 9.25. The van der Waals surface area contributed by atoms with Crippen molar-refractivity contribution >= 4 is 6.09 Å². The van der Waals surface area contributed by atoms with Gasteiger partial charge >= 0.3 is 6.09 Å². The number of hydrogen-bond donors (Lipinski definition) is 0. The molecule has 1 aliphatic heterocycles.